The number of nitrogens with one attached hydrogen (secondary N) is 2. The quantitative estimate of drug-likeness (QED) is 0.502. The molecule has 0 aliphatic carbocycles. The minimum atomic E-state index is -3.79. The summed E-state index contributed by atoms with van der Waals surface area (Å²) < 4.78 is 56.7. The average molecular weight is 461 g/mol. The number of para-hydroxylation sites is 1. The molecule has 0 fully saturated rings. The summed E-state index contributed by atoms with van der Waals surface area (Å²) in [5.74, 6) is -0.327. The van der Waals surface area contributed by atoms with Crippen LogP contribution in [-0.2, 0) is 21.2 Å². The van der Waals surface area contributed by atoms with Crippen molar-refractivity contribution >= 4 is 27.3 Å². The largest absolute Gasteiger partial charge is 0.435 e. The van der Waals surface area contributed by atoms with E-state index < -0.39 is 16.6 Å². The van der Waals surface area contributed by atoms with Crippen LogP contribution in [0.1, 0.15) is 16.7 Å². The molecule has 2 N–H and O–H groups in total. The molecule has 0 aliphatic rings. The number of hydrogen-bond acceptors (Lipinski definition) is 4. The first-order chi connectivity index (χ1) is 15.1. The van der Waals surface area contributed by atoms with Crippen LogP contribution in [0.3, 0.4) is 0 Å². The lowest BCUT2D eigenvalue weighted by Crippen LogP contribution is -2.16. The van der Waals surface area contributed by atoms with Gasteiger partial charge in [0.15, 0.2) is 0 Å². The van der Waals surface area contributed by atoms with E-state index in [1.54, 1.807) is 0 Å². The van der Waals surface area contributed by atoms with Gasteiger partial charge in [-0.1, -0.05) is 30.3 Å². The molecule has 0 aromatic heterocycles. The maximum atomic E-state index is 12.7. The Hall–Kier alpha value is -3.46. The van der Waals surface area contributed by atoms with Gasteiger partial charge in [0, 0.05) is 5.69 Å². The molecule has 0 heterocycles. The SMILES string of the molecule is Cc1cccc(C)c1NS(=O)(=O)c1ccc(NC(=O)Cc2ccc(OC(F)F)cc2)cc1. The topological polar surface area (TPSA) is 84.5 Å². The van der Waals surface area contributed by atoms with E-state index >= 15 is 0 Å². The maximum Gasteiger partial charge on any atom is 0.387 e. The van der Waals surface area contributed by atoms with Gasteiger partial charge >= 0.3 is 6.61 Å². The molecule has 0 aliphatic heterocycles. The van der Waals surface area contributed by atoms with E-state index in [1.807, 2.05) is 32.0 Å². The van der Waals surface area contributed by atoms with Crippen molar-refractivity contribution in [2.45, 2.75) is 31.8 Å². The molecule has 0 atom stereocenters. The Kier molecular flexibility index (Phi) is 7.09. The third-order valence-corrected chi connectivity index (χ3v) is 6.04. The standard InChI is InChI=1S/C23H22F2N2O4S/c1-15-4-3-5-16(2)22(15)27-32(29,30)20-12-8-18(9-13-20)26-21(28)14-17-6-10-19(11-7-17)31-23(24)25/h3-13,23,27H,14H2,1-2H3,(H,26,28). The van der Waals surface area contributed by atoms with E-state index in [-0.39, 0.29) is 23.0 Å². The first-order valence-electron chi connectivity index (χ1n) is 9.67. The molecule has 0 bridgehead atoms. The molecule has 3 aromatic rings. The number of sulfonamides is 1. The Morgan fingerprint density at radius 3 is 2.09 bits per heavy atom. The Balaban J connectivity index is 1.63. The Morgan fingerprint density at radius 1 is 0.938 bits per heavy atom. The average Bonchev–Trinajstić information content (AvgIpc) is 2.72. The highest BCUT2D eigenvalue weighted by atomic mass is 32.2. The molecule has 0 spiro atoms. The fourth-order valence-corrected chi connectivity index (χ4v) is 4.27. The third-order valence-electron chi connectivity index (χ3n) is 4.68. The molecule has 0 radical (unpaired) electrons. The minimum absolute atomic E-state index is 0.00968. The molecule has 1 amide bonds. The molecule has 6 nitrogen and oxygen atoms in total. The number of anilines is 2. The summed E-state index contributed by atoms with van der Waals surface area (Å²) in [6.07, 6.45) is 0.0170. The van der Waals surface area contributed by atoms with Crippen LogP contribution in [0.4, 0.5) is 20.2 Å². The van der Waals surface area contributed by atoms with Crippen LogP contribution in [0.25, 0.3) is 0 Å². The van der Waals surface area contributed by atoms with Crippen molar-refractivity contribution in [1.29, 1.82) is 0 Å². The summed E-state index contributed by atoms with van der Waals surface area (Å²) in [6.45, 7) is 0.734. The number of aryl methyl sites for hydroxylation is 2. The first kappa shape index (κ1) is 23.2. The zero-order valence-electron chi connectivity index (χ0n) is 17.4. The van der Waals surface area contributed by atoms with Gasteiger partial charge in [-0.15, -0.1) is 0 Å². The molecule has 3 aromatic carbocycles. The minimum Gasteiger partial charge on any atom is -0.435 e. The molecule has 32 heavy (non-hydrogen) atoms. The summed E-state index contributed by atoms with van der Waals surface area (Å²) >= 11 is 0. The predicted octanol–water partition coefficient (Wildman–Crippen LogP) is 4.89. The van der Waals surface area contributed by atoms with Crippen molar-refractivity contribution in [3.63, 3.8) is 0 Å². The van der Waals surface area contributed by atoms with Crippen LogP contribution in [-0.4, -0.2) is 20.9 Å². The number of rotatable bonds is 8. The second-order valence-corrected chi connectivity index (χ2v) is 8.83. The van der Waals surface area contributed by atoms with Crippen LogP contribution < -0.4 is 14.8 Å². The summed E-state index contributed by atoms with van der Waals surface area (Å²) in [7, 11) is -3.79. The van der Waals surface area contributed by atoms with Crippen LogP contribution in [0.2, 0.25) is 0 Å². The second kappa shape index (κ2) is 9.78. The van der Waals surface area contributed by atoms with Gasteiger partial charge in [0.25, 0.3) is 10.0 Å². The van der Waals surface area contributed by atoms with Gasteiger partial charge in [0.2, 0.25) is 5.91 Å². The molecule has 168 valence electrons. The van der Waals surface area contributed by atoms with Crippen molar-refractivity contribution in [3.05, 3.63) is 83.4 Å². The molecule has 0 unspecified atom stereocenters. The number of ether oxygens (including phenoxy) is 1. The van der Waals surface area contributed by atoms with Crippen molar-refractivity contribution in [1.82, 2.24) is 0 Å². The van der Waals surface area contributed by atoms with E-state index in [9.17, 15) is 22.0 Å². The van der Waals surface area contributed by atoms with Crippen LogP contribution >= 0.6 is 0 Å². The van der Waals surface area contributed by atoms with Gasteiger partial charge < -0.3 is 10.1 Å². The first-order valence-corrected chi connectivity index (χ1v) is 11.1. The third kappa shape index (κ3) is 6.04. The lowest BCUT2D eigenvalue weighted by Gasteiger charge is -2.13. The molecular formula is C23H22F2N2O4S. The van der Waals surface area contributed by atoms with E-state index in [4.69, 9.17) is 0 Å². The number of halogens is 2. The molecule has 3 rings (SSSR count). The van der Waals surface area contributed by atoms with Crippen molar-refractivity contribution < 1.29 is 26.7 Å². The van der Waals surface area contributed by atoms with Gasteiger partial charge in [-0.05, 0) is 66.9 Å². The summed E-state index contributed by atoms with van der Waals surface area (Å²) in [5, 5.41) is 2.68. The van der Waals surface area contributed by atoms with E-state index in [0.29, 0.717) is 16.9 Å². The predicted molar refractivity (Wildman–Crippen MR) is 119 cm³/mol. The zero-order valence-corrected chi connectivity index (χ0v) is 18.2. The van der Waals surface area contributed by atoms with Crippen LogP contribution in [0.15, 0.2) is 71.6 Å². The van der Waals surface area contributed by atoms with E-state index in [0.717, 1.165) is 11.1 Å². The van der Waals surface area contributed by atoms with Gasteiger partial charge in [-0.3, -0.25) is 9.52 Å². The number of carbonyl (C=O) groups excluding carboxylic acids is 1. The maximum absolute atomic E-state index is 12.7. The van der Waals surface area contributed by atoms with Gasteiger partial charge in [0.05, 0.1) is 17.0 Å². The normalized spacial score (nSPS) is 11.3. The fourth-order valence-electron chi connectivity index (χ4n) is 3.07. The summed E-state index contributed by atoms with van der Waals surface area (Å²) in [5.41, 5.74) is 3.20. The van der Waals surface area contributed by atoms with Crippen molar-refractivity contribution in [2.24, 2.45) is 0 Å². The lowest BCUT2D eigenvalue weighted by atomic mass is 10.1. The highest BCUT2D eigenvalue weighted by Crippen LogP contribution is 2.24. The van der Waals surface area contributed by atoms with E-state index in [1.165, 1.54) is 48.5 Å². The highest BCUT2D eigenvalue weighted by molar-refractivity contribution is 7.92. The Morgan fingerprint density at radius 2 is 1.53 bits per heavy atom. The molecule has 0 saturated heterocycles. The number of hydrogen-bond donors (Lipinski definition) is 2. The van der Waals surface area contributed by atoms with Crippen LogP contribution in [0.5, 0.6) is 5.75 Å². The van der Waals surface area contributed by atoms with Gasteiger partial charge in [-0.25, -0.2) is 8.42 Å². The van der Waals surface area contributed by atoms with Crippen molar-refractivity contribution in [3.8, 4) is 5.75 Å². The van der Waals surface area contributed by atoms with Gasteiger partial charge in [-0.2, -0.15) is 8.78 Å². The number of amides is 1. The summed E-state index contributed by atoms with van der Waals surface area (Å²) in [6, 6.07) is 17.1. The Labute approximate surface area is 185 Å². The van der Waals surface area contributed by atoms with Crippen LogP contribution in [0, 0.1) is 13.8 Å². The number of benzene rings is 3. The van der Waals surface area contributed by atoms with E-state index in [2.05, 4.69) is 14.8 Å². The monoisotopic (exact) mass is 460 g/mol. The van der Waals surface area contributed by atoms with Crippen molar-refractivity contribution in [2.75, 3.05) is 10.0 Å². The Bertz CT molecular complexity index is 1180. The summed E-state index contributed by atoms with van der Waals surface area (Å²) in [4.78, 5) is 12.3. The number of carbonyl (C=O) groups is 1. The number of alkyl halides is 2. The van der Waals surface area contributed by atoms with Gasteiger partial charge in [0.1, 0.15) is 5.75 Å². The zero-order chi connectivity index (χ0) is 23.3. The highest BCUT2D eigenvalue weighted by Gasteiger charge is 2.17. The second-order valence-electron chi connectivity index (χ2n) is 7.14. The smallest absolute Gasteiger partial charge is 0.387 e. The lowest BCUT2D eigenvalue weighted by molar-refractivity contribution is -0.115. The molecule has 0 saturated carbocycles. The molecule has 9 heteroatoms. The molecular weight excluding hydrogens is 438 g/mol. The fraction of sp³-hybridized carbons (Fsp3) is 0.174.